The van der Waals surface area contributed by atoms with Gasteiger partial charge in [0.25, 0.3) is 5.91 Å². The van der Waals surface area contributed by atoms with Crippen molar-refractivity contribution in [3.8, 4) is 22.9 Å². The summed E-state index contributed by atoms with van der Waals surface area (Å²) in [6.45, 7) is 2.74. The molecule has 0 radical (unpaired) electrons. The lowest BCUT2D eigenvalue weighted by molar-refractivity contribution is -0.159. The van der Waals surface area contributed by atoms with Gasteiger partial charge in [0, 0.05) is 25.1 Å². The molecule has 0 N–H and O–H groups in total. The second kappa shape index (κ2) is 10.4. The van der Waals surface area contributed by atoms with E-state index in [1.165, 1.54) is 5.56 Å². The van der Waals surface area contributed by atoms with Crippen LogP contribution in [0.15, 0.2) is 47.0 Å². The highest BCUT2D eigenvalue weighted by molar-refractivity contribution is 5.83. The Bertz CT molecular complexity index is 1170. The minimum Gasteiger partial charge on any atom is -0.493 e. The zero-order valence-corrected chi connectivity index (χ0v) is 19.4. The number of fused-ring (bicyclic) bond motifs is 1. The number of methoxy groups -OCH3 is 2. The van der Waals surface area contributed by atoms with E-state index in [0.29, 0.717) is 41.9 Å². The summed E-state index contributed by atoms with van der Waals surface area (Å²) in [7, 11) is 3.11. The maximum Gasteiger partial charge on any atom is 0.307 e. The van der Waals surface area contributed by atoms with Crippen molar-refractivity contribution in [2.75, 3.05) is 20.8 Å². The van der Waals surface area contributed by atoms with Crippen LogP contribution in [-0.2, 0) is 33.7 Å². The summed E-state index contributed by atoms with van der Waals surface area (Å²) in [6.07, 6.45) is 0.163. The number of amides is 1. The van der Waals surface area contributed by atoms with E-state index in [2.05, 4.69) is 16.2 Å². The Balaban J connectivity index is 1.29. The van der Waals surface area contributed by atoms with Gasteiger partial charge in [-0.2, -0.15) is 4.98 Å². The highest BCUT2D eigenvalue weighted by atomic mass is 16.5. The second-order valence-electron chi connectivity index (χ2n) is 7.99. The first-order chi connectivity index (χ1) is 16.5. The molecule has 0 unspecified atom stereocenters. The predicted molar refractivity (Wildman–Crippen MR) is 122 cm³/mol. The van der Waals surface area contributed by atoms with Gasteiger partial charge in [0.15, 0.2) is 17.6 Å². The van der Waals surface area contributed by atoms with Gasteiger partial charge < -0.3 is 23.6 Å². The Morgan fingerprint density at radius 1 is 1.09 bits per heavy atom. The summed E-state index contributed by atoms with van der Waals surface area (Å²) in [5.74, 6) is 1.12. The topological polar surface area (TPSA) is 104 Å². The number of esters is 1. The number of benzene rings is 2. The lowest BCUT2D eigenvalue weighted by atomic mass is 9.99. The number of carbonyl (C=O) groups excluding carboxylic acids is 2. The van der Waals surface area contributed by atoms with Crippen LogP contribution in [0.1, 0.15) is 30.4 Å². The summed E-state index contributed by atoms with van der Waals surface area (Å²) < 4.78 is 21.2. The molecule has 2 heterocycles. The van der Waals surface area contributed by atoms with Gasteiger partial charge in [-0.1, -0.05) is 29.4 Å². The normalized spacial score (nSPS) is 13.7. The van der Waals surface area contributed by atoms with Crippen molar-refractivity contribution in [3.05, 3.63) is 59.5 Å². The number of hydrogen-bond acceptors (Lipinski definition) is 8. The van der Waals surface area contributed by atoms with Crippen molar-refractivity contribution in [1.82, 2.24) is 15.0 Å². The third-order valence-corrected chi connectivity index (χ3v) is 5.75. The summed E-state index contributed by atoms with van der Waals surface area (Å²) in [4.78, 5) is 31.2. The van der Waals surface area contributed by atoms with E-state index in [4.69, 9.17) is 18.7 Å². The van der Waals surface area contributed by atoms with Crippen LogP contribution >= 0.6 is 0 Å². The smallest absolute Gasteiger partial charge is 0.307 e. The minimum atomic E-state index is -0.859. The molecule has 0 aliphatic carbocycles. The van der Waals surface area contributed by atoms with Gasteiger partial charge >= 0.3 is 5.97 Å². The van der Waals surface area contributed by atoms with Crippen LogP contribution in [0, 0.1) is 0 Å². The van der Waals surface area contributed by atoms with Gasteiger partial charge in [-0.05, 0) is 42.7 Å². The van der Waals surface area contributed by atoms with Crippen LogP contribution in [-0.4, -0.2) is 53.8 Å². The van der Waals surface area contributed by atoms with Crippen molar-refractivity contribution < 1.29 is 28.3 Å². The Morgan fingerprint density at radius 2 is 1.85 bits per heavy atom. The third kappa shape index (κ3) is 5.19. The van der Waals surface area contributed by atoms with Crippen LogP contribution in [0.2, 0.25) is 0 Å². The fraction of sp³-hybridized carbons (Fsp3) is 0.360. The maximum atomic E-state index is 12.8. The molecule has 1 aliphatic heterocycles. The number of rotatable bonds is 8. The SMILES string of the molecule is COc1ccc(-c2noc(CCC(=O)O[C@H](C)C(=O)N3CCc4ccccc4C3)n2)cc1OC. The van der Waals surface area contributed by atoms with Crippen LogP contribution in [0.5, 0.6) is 11.5 Å². The van der Waals surface area contributed by atoms with Gasteiger partial charge in [-0.3, -0.25) is 9.59 Å². The first-order valence-electron chi connectivity index (χ1n) is 11.1. The number of hydrogen-bond donors (Lipinski definition) is 0. The summed E-state index contributed by atoms with van der Waals surface area (Å²) in [6, 6.07) is 13.3. The van der Waals surface area contributed by atoms with Crippen LogP contribution < -0.4 is 9.47 Å². The van der Waals surface area contributed by atoms with E-state index < -0.39 is 12.1 Å². The van der Waals surface area contributed by atoms with Crippen LogP contribution in [0.4, 0.5) is 0 Å². The first-order valence-corrected chi connectivity index (χ1v) is 11.1. The molecular weight excluding hydrogens is 438 g/mol. The van der Waals surface area contributed by atoms with Gasteiger partial charge in [0.1, 0.15) is 0 Å². The average molecular weight is 466 g/mol. The number of ether oxygens (including phenoxy) is 3. The molecule has 0 saturated carbocycles. The Morgan fingerprint density at radius 3 is 2.62 bits per heavy atom. The van der Waals surface area contributed by atoms with Crippen molar-refractivity contribution in [1.29, 1.82) is 0 Å². The van der Waals surface area contributed by atoms with Gasteiger partial charge in [0.05, 0.1) is 20.6 Å². The van der Waals surface area contributed by atoms with E-state index in [-0.39, 0.29) is 18.7 Å². The lowest BCUT2D eigenvalue weighted by Crippen LogP contribution is -2.42. The highest BCUT2D eigenvalue weighted by Gasteiger charge is 2.27. The third-order valence-electron chi connectivity index (χ3n) is 5.75. The quantitative estimate of drug-likeness (QED) is 0.467. The minimum absolute atomic E-state index is 0.0218. The molecule has 1 aromatic heterocycles. The molecule has 34 heavy (non-hydrogen) atoms. The van der Waals surface area contributed by atoms with Gasteiger partial charge in [-0.25, -0.2) is 0 Å². The molecule has 1 amide bonds. The lowest BCUT2D eigenvalue weighted by Gasteiger charge is -2.30. The zero-order valence-electron chi connectivity index (χ0n) is 19.4. The highest BCUT2D eigenvalue weighted by Crippen LogP contribution is 2.31. The van der Waals surface area contributed by atoms with Crippen LogP contribution in [0.25, 0.3) is 11.4 Å². The molecule has 1 atom stereocenters. The zero-order chi connectivity index (χ0) is 24.1. The van der Waals surface area contributed by atoms with Crippen molar-refractivity contribution in [2.45, 2.75) is 38.8 Å². The molecule has 0 fully saturated rings. The molecule has 1 aliphatic rings. The molecule has 9 heteroatoms. The number of nitrogens with zero attached hydrogens (tertiary/aromatic N) is 3. The molecule has 0 spiro atoms. The summed E-state index contributed by atoms with van der Waals surface area (Å²) in [5, 5.41) is 3.97. The predicted octanol–water partition coefficient (Wildman–Crippen LogP) is 3.20. The fourth-order valence-electron chi connectivity index (χ4n) is 3.91. The van der Waals surface area contributed by atoms with Crippen LogP contribution in [0.3, 0.4) is 0 Å². The number of aryl methyl sites for hydroxylation is 1. The van der Waals surface area contributed by atoms with Crippen molar-refractivity contribution >= 4 is 11.9 Å². The van der Waals surface area contributed by atoms with E-state index >= 15 is 0 Å². The van der Waals surface area contributed by atoms with E-state index in [1.54, 1.807) is 44.2 Å². The standard InChI is InChI=1S/C25H27N3O6/c1-16(25(30)28-13-12-17-6-4-5-7-19(17)15-28)33-23(29)11-10-22-26-24(27-34-22)18-8-9-20(31-2)21(14-18)32-3/h4-9,14,16H,10-13,15H2,1-3H3/t16-/m1/s1. The first kappa shape index (κ1) is 23.3. The summed E-state index contributed by atoms with van der Waals surface area (Å²) in [5.41, 5.74) is 3.07. The Hall–Kier alpha value is -3.88. The molecule has 4 rings (SSSR count). The van der Waals surface area contributed by atoms with Crippen molar-refractivity contribution in [3.63, 3.8) is 0 Å². The molecule has 2 aromatic carbocycles. The molecule has 9 nitrogen and oxygen atoms in total. The fourth-order valence-corrected chi connectivity index (χ4v) is 3.91. The van der Waals surface area contributed by atoms with E-state index in [1.807, 2.05) is 18.2 Å². The molecule has 3 aromatic rings. The van der Waals surface area contributed by atoms with Crippen molar-refractivity contribution in [2.24, 2.45) is 0 Å². The Labute approximate surface area is 197 Å². The van der Waals surface area contributed by atoms with E-state index in [0.717, 1.165) is 12.0 Å². The molecule has 0 bridgehead atoms. The Kier molecular flexibility index (Phi) is 7.10. The average Bonchev–Trinajstić information content (AvgIpc) is 3.35. The number of carbonyl (C=O) groups is 2. The molecular formula is C25H27N3O6. The monoisotopic (exact) mass is 465 g/mol. The van der Waals surface area contributed by atoms with Gasteiger partial charge in [0.2, 0.25) is 11.7 Å². The van der Waals surface area contributed by atoms with Gasteiger partial charge in [-0.15, -0.1) is 0 Å². The second-order valence-corrected chi connectivity index (χ2v) is 7.99. The van der Waals surface area contributed by atoms with E-state index in [9.17, 15) is 9.59 Å². The maximum absolute atomic E-state index is 12.8. The largest absolute Gasteiger partial charge is 0.493 e. The molecule has 0 saturated heterocycles. The number of aromatic nitrogens is 2. The summed E-state index contributed by atoms with van der Waals surface area (Å²) >= 11 is 0. The molecule has 178 valence electrons.